The summed E-state index contributed by atoms with van der Waals surface area (Å²) in [5.41, 5.74) is 2.44. The zero-order chi connectivity index (χ0) is 22.5. The van der Waals surface area contributed by atoms with Crippen molar-refractivity contribution in [2.24, 2.45) is 0 Å². The van der Waals surface area contributed by atoms with Crippen molar-refractivity contribution in [3.05, 3.63) is 69.9 Å². The Bertz CT molecular complexity index is 1090. The van der Waals surface area contributed by atoms with E-state index in [9.17, 15) is 14.9 Å². The number of rotatable bonds is 7. The molecule has 0 bridgehead atoms. The quantitative estimate of drug-likeness (QED) is 0.341. The van der Waals surface area contributed by atoms with Crippen molar-refractivity contribution in [2.45, 2.75) is 13.5 Å². The third-order valence-corrected chi connectivity index (χ3v) is 5.42. The summed E-state index contributed by atoms with van der Waals surface area (Å²) in [5.74, 6) is -0.627. The number of nitro benzene ring substituents is 1. The fourth-order valence-electron chi connectivity index (χ4n) is 3.85. The maximum absolute atomic E-state index is 12.1. The number of carbonyl (C=O) groups excluding carboxylic acids is 1. The van der Waals surface area contributed by atoms with Crippen LogP contribution in [0.25, 0.3) is 11.3 Å². The van der Waals surface area contributed by atoms with Gasteiger partial charge in [0.15, 0.2) is 5.69 Å². The van der Waals surface area contributed by atoms with Crippen LogP contribution < -0.4 is 4.90 Å². The van der Waals surface area contributed by atoms with Gasteiger partial charge in [0.2, 0.25) is 0 Å². The summed E-state index contributed by atoms with van der Waals surface area (Å²) in [6.45, 7) is 5.74. The molecule has 0 amide bonds. The van der Waals surface area contributed by atoms with Crippen LogP contribution in [0.1, 0.15) is 23.0 Å². The van der Waals surface area contributed by atoms with E-state index in [4.69, 9.17) is 4.74 Å². The van der Waals surface area contributed by atoms with Crippen LogP contribution in [0.4, 0.5) is 11.4 Å². The lowest BCUT2D eigenvalue weighted by Gasteiger charge is -2.35. The lowest BCUT2D eigenvalue weighted by molar-refractivity contribution is -0.384. The van der Waals surface area contributed by atoms with Gasteiger partial charge in [-0.2, -0.15) is 10.3 Å². The number of hydrogen-bond donors (Lipinski definition) is 1. The molecule has 1 aliphatic heterocycles. The number of nitrogens with one attached hydrogen (secondary N) is 1. The molecule has 0 saturated carbocycles. The van der Waals surface area contributed by atoms with Crippen molar-refractivity contribution in [3.8, 4) is 11.3 Å². The molecule has 0 radical (unpaired) electrons. The summed E-state index contributed by atoms with van der Waals surface area (Å²) in [5, 5.41) is 22.1. The molecule has 2 heterocycles. The van der Waals surface area contributed by atoms with Crippen LogP contribution in [0.2, 0.25) is 0 Å². The van der Waals surface area contributed by atoms with Crippen molar-refractivity contribution >= 4 is 17.3 Å². The molecule has 1 fully saturated rings. The number of carbonyl (C=O) groups is 1. The Balaban J connectivity index is 1.52. The lowest BCUT2D eigenvalue weighted by Crippen LogP contribution is -2.46. The van der Waals surface area contributed by atoms with Crippen molar-refractivity contribution in [2.75, 3.05) is 37.7 Å². The van der Waals surface area contributed by atoms with Crippen LogP contribution in [0.15, 0.2) is 48.5 Å². The van der Waals surface area contributed by atoms with E-state index in [-0.39, 0.29) is 23.7 Å². The zero-order valence-corrected chi connectivity index (χ0v) is 17.7. The molecule has 1 saturated heterocycles. The van der Waals surface area contributed by atoms with Gasteiger partial charge in [0, 0.05) is 44.4 Å². The molecule has 10 nitrogen and oxygen atoms in total. The number of hydrogen-bond acceptors (Lipinski definition) is 8. The number of nitro groups is 1. The minimum Gasteiger partial charge on any atom is -0.461 e. The average Bonchev–Trinajstić information content (AvgIpc) is 3.30. The number of nitrogens with zero attached hydrogens (tertiary/aromatic N) is 5. The fourth-order valence-corrected chi connectivity index (χ4v) is 3.85. The summed E-state index contributed by atoms with van der Waals surface area (Å²) >= 11 is 0. The van der Waals surface area contributed by atoms with Gasteiger partial charge in [-0.1, -0.05) is 36.4 Å². The first kappa shape index (κ1) is 21.4. The third-order valence-electron chi connectivity index (χ3n) is 5.42. The van der Waals surface area contributed by atoms with Crippen LogP contribution in [0.5, 0.6) is 0 Å². The SMILES string of the molecule is CCOC(=O)c1n[nH]nc1-c1ccc(N2CCN(Cc3ccccc3)CC2)c([N+](=O)[O-])c1. The molecule has 10 heteroatoms. The van der Waals surface area contributed by atoms with Crippen LogP contribution in [0, 0.1) is 10.1 Å². The Labute approximate surface area is 184 Å². The molecule has 0 spiro atoms. The van der Waals surface area contributed by atoms with Gasteiger partial charge in [0.25, 0.3) is 5.69 Å². The Morgan fingerprint density at radius 3 is 2.56 bits per heavy atom. The molecule has 4 rings (SSSR count). The number of H-pyrrole nitrogens is 1. The first-order chi connectivity index (χ1) is 15.6. The van der Waals surface area contributed by atoms with Gasteiger partial charge in [-0.3, -0.25) is 15.0 Å². The zero-order valence-electron chi connectivity index (χ0n) is 17.7. The van der Waals surface area contributed by atoms with E-state index >= 15 is 0 Å². The highest BCUT2D eigenvalue weighted by molar-refractivity contribution is 5.94. The van der Waals surface area contributed by atoms with Gasteiger partial charge in [0.05, 0.1) is 11.5 Å². The van der Waals surface area contributed by atoms with E-state index in [2.05, 4.69) is 32.4 Å². The molecule has 32 heavy (non-hydrogen) atoms. The average molecular weight is 436 g/mol. The third kappa shape index (κ3) is 4.59. The molecule has 0 atom stereocenters. The maximum Gasteiger partial charge on any atom is 0.361 e. The lowest BCUT2D eigenvalue weighted by atomic mass is 10.1. The van der Waals surface area contributed by atoms with Gasteiger partial charge in [-0.25, -0.2) is 4.79 Å². The number of benzene rings is 2. The monoisotopic (exact) mass is 436 g/mol. The van der Waals surface area contributed by atoms with Crippen LogP contribution >= 0.6 is 0 Å². The second-order valence-electron chi connectivity index (χ2n) is 7.45. The molecule has 0 unspecified atom stereocenters. The predicted molar refractivity (Wildman–Crippen MR) is 118 cm³/mol. The highest BCUT2D eigenvalue weighted by Crippen LogP contribution is 2.34. The van der Waals surface area contributed by atoms with Gasteiger partial charge < -0.3 is 9.64 Å². The number of piperazine rings is 1. The molecular formula is C22H24N6O4. The topological polar surface area (TPSA) is 117 Å². The van der Waals surface area contributed by atoms with Crippen molar-refractivity contribution in [1.82, 2.24) is 20.3 Å². The summed E-state index contributed by atoms with van der Waals surface area (Å²) in [4.78, 5) is 27.9. The van der Waals surface area contributed by atoms with Gasteiger partial charge in [0.1, 0.15) is 11.4 Å². The summed E-state index contributed by atoms with van der Waals surface area (Å²) in [6, 6.07) is 15.1. The Morgan fingerprint density at radius 2 is 1.88 bits per heavy atom. The second kappa shape index (κ2) is 9.56. The van der Waals surface area contributed by atoms with Gasteiger partial charge in [-0.15, -0.1) is 5.10 Å². The number of aromatic nitrogens is 3. The fraction of sp³-hybridized carbons (Fsp3) is 0.318. The standard InChI is InChI=1S/C22H24N6O4/c1-2-32-22(29)21-20(23-25-24-21)17-8-9-18(19(14-17)28(30)31)27-12-10-26(11-13-27)15-16-6-4-3-5-7-16/h3-9,14H,2,10-13,15H2,1H3,(H,23,24,25). The van der Waals surface area contributed by atoms with Crippen LogP contribution in [0.3, 0.4) is 0 Å². The normalized spacial score (nSPS) is 14.3. The molecule has 1 aliphatic rings. The molecular weight excluding hydrogens is 412 g/mol. The Morgan fingerprint density at radius 1 is 1.12 bits per heavy atom. The Kier molecular flexibility index (Phi) is 6.41. The molecule has 166 valence electrons. The first-order valence-electron chi connectivity index (χ1n) is 10.4. The van der Waals surface area contributed by atoms with Gasteiger partial charge in [-0.05, 0) is 18.6 Å². The van der Waals surface area contributed by atoms with E-state index in [0.29, 0.717) is 24.3 Å². The van der Waals surface area contributed by atoms with E-state index < -0.39 is 10.9 Å². The van der Waals surface area contributed by atoms with Crippen molar-refractivity contribution in [1.29, 1.82) is 0 Å². The summed E-state index contributed by atoms with van der Waals surface area (Å²) in [6.07, 6.45) is 0. The highest BCUT2D eigenvalue weighted by atomic mass is 16.6. The first-order valence-corrected chi connectivity index (χ1v) is 10.4. The van der Waals surface area contributed by atoms with Crippen LogP contribution in [-0.2, 0) is 11.3 Å². The number of anilines is 1. The van der Waals surface area contributed by atoms with Crippen molar-refractivity contribution < 1.29 is 14.5 Å². The van der Waals surface area contributed by atoms with Gasteiger partial charge >= 0.3 is 5.97 Å². The number of aromatic amines is 1. The number of esters is 1. The predicted octanol–water partition coefficient (Wildman–Crippen LogP) is 2.88. The molecule has 0 aliphatic carbocycles. The number of ether oxygens (including phenoxy) is 1. The van der Waals surface area contributed by atoms with E-state index in [1.54, 1.807) is 19.1 Å². The van der Waals surface area contributed by atoms with Crippen LogP contribution in [-0.4, -0.2) is 64.0 Å². The smallest absolute Gasteiger partial charge is 0.361 e. The molecule has 2 aromatic carbocycles. The summed E-state index contributed by atoms with van der Waals surface area (Å²) < 4.78 is 4.99. The Hall–Kier alpha value is -3.79. The molecule has 3 aromatic rings. The minimum absolute atomic E-state index is 0.00317. The molecule has 1 aromatic heterocycles. The maximum atomic E-state index is 12.1. The summed E-state index contributed by atoms with van der Waals surface area (Å²) in [7, 11) is 0. The highest BCUT2D eigenvalue weighted by Gasteiger charge is 2.26. The second-order valence-corrected chi connectivity index (χ2v) is 7.45. The largest absolute Gasteiger partial charge is 0.461 e. The van der Waals surface area contributed by atoms with Crippen molar-refractivity contribution in [3.63, 3.8) is 0 Å². The molecule has 1 N–H and O–H groups in total. The van der Waals surface area contributed by atoms with E-state index in [1.807, 2.05) is 23.1 Å². The van der Waals surface area contributed by atoms with E-state index in [0.717, 1.165) is 19.6 Å². The van der Waals surface area contributed by atoms with E-state index in [1.165, 1.54) is 11.6 Å². The minimum atomic E-state index is -0.627.